The van der Waals surface area contributed by atoms with Gasteiger partial charge in [-0.25, -0.2) is 4.98 Å². The zero-order valence-electron chi connectivity index (χ0n) is 19.1. The highest BCUT2D eigenvalue weighted by atomic mass is 16.5. The van der Waals surface area contributed by atoms with Gasteiger partial charge in [0.1, 0.15) is 12.4 Å². The molecule has 1 saturated heterocycles. The van der Waals surface area contributed by atoms with E-state index in [2.05, 4.69) is 43.3 Å². The summed E-state index contributed by atoms with van der Waals surface area (Å²) in [6.07, 6.45) is 5.14. The molecule has 0 saturated carbocycles. The topological polar surface area (TPSA) is 85.3 Å². The van der Waals surface area contributed by atoms with Crippen molar-refractivity contribution in [2.75, 3.05) is 5.32 Å². The summed E-state index contributed by atoms with van der Waals surface area (Å²) in [7, 11) is 0. The summed E-state index contributed by atoms with van der Waals surface area (Å²) in [5, 5.41) is 6.01. The molecule has 31 heavy (non-hydrogen) atoms. The van der Waals surface area contributed by atoms with Crippen molar-refractivity contribution in [2.24, 2.45) is 5.92 Å². The van der Waals surface area contributed by atoms with Gasteiger partial charge in [0.2, 0.25) is 11.8 Å². The summed E-state index contributed by atoms with van der Waals surface area (Å²) >= 11 is 0. The second kappa shape index (κ2) is 10.1. The van der Waals surface area contributed by atoms with E-state index in [0.29, 0.717) is 5.92 Å². The number of hydrogen-bond acceptors (Lipinski definition) is 4. The van der Waals surface area contributed by atoms with Crippen molar-refractivity contribution in [3.63, 3.8) is 0 Å². The summed E-state index contributed by atoms with van der Waals surface area (Å²) in [5.74, 6) is 1.43. The zero-order chi connectivity index (χ0) is 22.5. The third-order valence-electron chi connectivity index (χ3n) is 5.65. The molecule has 168 valence electrons. The van der Waals surface area contributed by atoms with Crippen molar-refractivity contribution in [3.05, 3.63) is 48.0 Å². The first-order valence-electron chi connectivity index (χ1n) is 11.1. The SMILES string of the molecule is CC(=O)N[C@H]1C[C@@H](c2ccc(NC(=O)Cn3ccnc3C(C)C)cc2)O[C@@H](C(C)C)C1. The van der Waals surface area contributed by atoms with E-state index in [-0.39, 0.29) is 42.5 Å². The van der Waals surface area contributed by atoms with Crippen molar-refractivity contribution >= 4 is 17.5 Å². The Morgan fingerprint density at radius 2 is 1.87 bits per heavy atom. The minimum Gasteiger partial charge on any atom is -0.370 e. The van der Waals surface area contributed by atoms with E-state index in [1.54, 1.807) is 13.1 Å². The van der Waals surface area contributed by atoms with Gasteiger partial charge >= 0.3 is 0 Å². The summed E-state index contributed by atoms with van der Waals surface area (Å²) in [5.41, 5.74) is 1.80. The normalized spacial score (nSPS) is 21.3. The quantitative estimate of drug-likeness (QED) is 0.700. The van der Waals surface area contributed by atoms with Crippen LogP contribution in [0.5, 0.6) is 0 Å². The fraction of sp³-hybridized carbons (Fsp3) is 0.542. The fourth-order valence-corrected chi connectivity index (χ4v) is 4.10. The van der Waals surface area contributed by atoms with E-state index >= 15 is 0 Å². The van der Waals surface area contributed by atoms with Gasteiger partial charge in [-0.2, -0.15) is 0 Å². The Labute approximate surface area is 184 Å². The van der Waals surface area contributed by atoms with Gasteiger partial charge in [0.15, 0.2) is 0 Å². The van der Waals surface area contributed by atoms with E-state index in [4.69, 9.17) is 4.74 Å². The zero-order valence-corrected chi connectivity index (χ0v) is 19.1. The van der Waals surface area contributed by atoms with E-state index < -0.39 is 0 Å². The maximum atomic E-state index is 12.5. The molecule has 2 amide bonds. The molecule has 0 aliphatic carbocycles. The second-order valence-corrected chi connectivity index (χ2v) is 9.01. The van der Waals surface area contributed by atoms with Crippen LogP contribution in [0.15, 0.2) is 36.7 Å². The van der Waals surface area contributed by atoms with Gasteiger partial charge in [-0.15, -0.1) is 0 Å². The molecule has 2 heterocycles. The molecule has 3 rings (SSSR count). The van der Waals surface area contributed by atoms with Gasteiger partial charge in [-0.1, -0.05) is 39.8 Å². The first kappa shape index (κ1) is 23.0. The minimum atomic E-state index is -0.0906. The van der Waals surface area contributed by atoms with E-state index in [0.717, 1.165) is 29.9 Å². The lowest BCUT2D eigenvalue weighted by Gasteiger charge is -2.37. The highest BCUT2D eigenvalue weighted by Crippen LogP contribution is 2.34. The van der Waals surface area contributed by atoms with Gasteiger partial charge in [0.05, 0.1) is 12.2 Å². The van der Waals surface area contributed by atoms with Gasteiger partial charge < -0.3 is 19.9 Å². The van der Waals surface area contributed by atoms with Crippen molar-refractivity contribution in [3.8, 4) is 0 Å². The standard InChI is InChI=1S/C24H34N4O3/c1-15(2)21-12-20(26-17(5)29)13-22(31-21)18-6-8-19(9-7-18)27-23(30)14-28-11-10-25-24(28)16(3)4/h6-11,15-16,20-22H,12-14H2,1-5H3,(H,26,29)(H,27,30)/t20-,21-,22+/m1/s1. The van der Waals surface area contributed by atoms with Crippen LogP contribution in [0.4, 0.5) is 5.69 Å². The number of rotatable bonds is 7. The number of hydrogen-bond donors (Lipinski definition) is 2. The first-order valence-corrected chi connectivity index (χ1v) is 11.1. The maximum Gasteiger partial charge on any atom is 0.244 e. The summed E-state index contributed by atoms with van der Waals surface area (Å²) in [6, 6.07) is 7.89. The van der Waals surface area contributed by atoms with Crippen LogP contribution in [0, 0.1) is 5.92 Å². The molecule has 1 aromatic heterocycles. The van der Waals surface area contributed by atoms with Crippen LogP contribution in [0.1, 0.15) is 70.9 Å². The third kappa shape index (κ3) is 6.17. The molecule has 0 bridgehead atoms. The van der Waals surface area contributed by atoms with Crippen molar-refractivity contribution in [2.45, 2.75) is 78.2 Å². The maximum absolute atomic E-state index is 12.5. The molecule has 1 aromatic carbocycles. The number of carbonyl (C=O) groups excluding carboxylic acids is 2. The third-order valence-corrected chi connectivity index (χ3v) is 5.65. The van der Waals surface area contributed by atoms with Crippen LogP contribution in [-0.2, 0) is 20.9 Å². The van der Waals surface area contributed by atoms with E-state index in [1.807, 2.05) is 35.0 Å². The van der Waals surface area contributed by atoms with E-state index in [9.17, 15) is 9.59 Å². The smallest absolute Gasteiger partial charge is 0.244 e. The molecule has 2 aromatic rings. The van der Waals surface area contributed by atoms with Crippen molar-refractivity contribution in [1.82, 2.24) is 14.9 Å². The molecule has 7 nitrogen and oxygen atoms in total. The van der Waals surface area contributed by atoms with Crippen molar-refractivity contribution < 1.29 is 14.3 Å². The Balaban J connectivity index is 1.64. The lowest BCUT2D eigenvalue weighted by Crippen LogP contribution is -2.43. The predicted octanol–water partition coefficient (Wildman–Crippen LogP) is 4.03. The summed E-state index contributed by atoms with van der Waals surface area (Å²) in [6.45, 7) is 10.2. The molecule has 1 aliphatic heterocycles. The molecule has 1 aliphatic rings. The molecular weight excluding hydrogens is 392 g/mol. The number of anilines is 1. The van der Waals surface area contributed by atoms with Crippen LogP contribution in [0.2, 0.25) is 0 Å². The second-order valence-electron chi connectivity index (χ2n) is 9.01. The number of ether oxygens (including phenoxy) is 1. The van der Waals surface area contributed by atoms with E-state index in [1.165, 1.54) is 0 Å². The number of amides is 2. The van der Waals surface area contributed by atoms with Gasteiger partial charge in [-0.05, 0) is 36.5 Å². The Hall–Kier alpha value is -2.67. The molecule has 1 fully saturated rings. The van der Waals surface area contributed by atoms with Crippen LogP contribution < -0.4 is 10.6 Å². The molecule has 0 radical (unpaired) electrons. The highest BCUT2D eigenvalue weighted by molar-refractivity contribution is 5.90. The highest BCUT2D eigenvalue weighted by Gasteiger charge is 2.32. The number of nitrogens with zero attached hydrogens (tertiary/aromatic N) is 2. The number of imidazole rings is 1. The van der Waals surface area contributed by atoms with Gasteiger partial charge in [-0.3, -0.25) is 9.59 Å². The lowest BCUT2D eigenvalue weighted by atomic mass is 9.90. The molecule has 2 N–H and O–H groups in total. The minimum absolute atomic E-state index is 0.00951. The Morgan fingerprint density at radius 3 is 2.48 bits per heavy atom. The monoisotopic (exact) mass is 426 g/mol. The lowest BCUT2D eigenvalue weighted by molar-refractivity contribution is -0.123. The Kier molecular flexibility index (Phi) is 7.49. The molecule has 0 spiro atoms. The average molecular weight is 427 g/mol. The summed E-state index contributed by atoms with van der Waals surface area (Å²) in [4.78, 5) is 28.4. The van der Waals surface area contributed by atoms with Crippen LogP contribution in [0.25, 0.3) is 0 Å². The number of aromatic nitrogens is 2. The Morgan fingerprint density at radius 1 is 1.16 bits per heavy atom. The largest absolute Gasteiger partial charge is 0.370 e. The van der Waals surface area contributed by atoms with Gasteiger partial charge in [0, 0.05) is 37.0 Å². The number of benzene rings is 1. The van der Waals surface area contributed by atoms with Crippen molar-refractivity contribution in [1.29, 1.82) is 0 Å². The van der Waals surface area contributed by atoms with Crippen LogP contribution in [0.3, 0.4) is 0 Å². The molecule has 7 heteroatoms. The Bertz CT molecular complexity index is 888. The molecule has 3 atom stereocenters. The first-order chi connectivity index (χ1) is 14.7. The molecular formula is C24H34N4O3. The van der Waals surface area contributed by atoms with Crippen LogP contribution >= 0.6 is 0 Å². The van der Waals surface area contributed by atoms with Crippen LogP contribution in [-0.4, -0.2) is 33.5 Å². The summed E-state index contributed by atoms with van der Waals surface area (Å²) < 4.78 is 8.20. The molecule has 0 unspecified atom stereocenters. The van der Waals surface area contributed by atoms with Gasteiger partial charge in [0.25, 0.3) is 0 Å². The number of carbonyl (C=O) groups is 2. The number of nitrogens with one attached hydrogen (secondary N) is 2. The predicted molar refractivity (Wildman–Crippen MR) is 121 cm³/mol. The average Bonchev–Trinajstić information content (AvgIpc) is 3.16. The fourth-order valence-electron chi connectivity index (χ4n) is 4.10.